The molecular weight excluding hydrogens is 188 g/mol. The zero-order valence-electron chi connectivity index (χ0n) is 9.87. The van der Waals surface area contributed by atoms with E-state index in [-0.39, 0.29) is 6.04 Å². The summed E-state index contributed by atoms with van der Waals surface area (Å²) in [5, 5.41) is 0. The molecule has 1 aromatic rings. The van der Waals surface area contributed by atoms with Gasteiger partial charge in [-0.05, 0) is 30.0 Å². The molecule has 1 aromatic carbocycles. The van der Waals surface area contributed by atoms with Crippen LogP contribution in [0.1, 0.15) is 43.9 Å². The van der Waals surface area contributed by atoms with Gasteiger partial charge in [0.1, 0.15) is 5.75 Å². The van der Waals surface area contributed by atoms with Gasteiger partial charge in [-0.15, -0.1) is 0 Å². The fourth-order valence-electron chi connectivity index (χ4n) is 1.57. The van der Waals surface area contributed by atoms with Gasteiger partial charge in [-0.3, -0.25) is 11.3 Å². The van der Waals surface area contributed by atoms with E-state index in [1.54, 1.807) is 7.11 Å². The number of nitrogens with one attached hydrogen (secondary N) is 1. The molecule has 1 atom stereocenters. The molecule has 3 nitrogen and oxygen atoms in total. The average Bonchev–Trinajstić information content (AvgIpc) is 2.27. The first kappa shape index (κ1) is 12.0. The van der Waals surface area contributed by atoms with E-state index < -0.39 is 0 Å². The van der Waals surface area contributed by atoms with Crippen LogP contribution in [0.3, 0.4) is 0 Å². The van der Waals surface area contributed by atoms with Gasteiger partial charge in [-0.1, -0.05) is 26.0 Å². The van der Waals surface area contributed by atoms with Crippen molar-refractivity contribution >= 4 is 0 Å². The predicted molar refractivity (Wildman–Crippen MR) is 62.8 cm³/mol. The second kappa shape index (κ2) is 5.14. The first-order valence-electron chi connectivity index (χ1n) is 5.24. The number of hydrazine groups is 1. The second-order valence-corrected chi connectivity index (χ2v) is 4.04. The van der Waals surface area contributed by atoms with Crippen LogP contribution in [0.2, 0.25) is 0 Å². The lowest BCUT2D eigenvalue weighted by atomic mass is 9.97. The lowest BCUT2D eigenvalue weighted by Crippen LogP contribution is -2.25. The zero-order valence-corrected chi connectivity index (χ0v) is 9.87. The van der Waals surface area contributed by atoms with Gasteiger partial charge in [0.25, 0.3) is 0 Å². The Morgan fingerprint density at radius 2 is 1.93 bits per heavy atom. The minimum atomic E-state index is 0.161. The van der Waals surface area contributed by atoms with Gasteiger partial charge < -0.3 is 4.74 Å². The van der Waals surface area contributed by atoms with Crippen LogP contribution in [0.15, 0.2) is 18.2 Å². The van der Waals surface area contributed by atoms with Crippen LogP contribution in [-0.4, -0.2) is 7.11 Å². The fourth-order valence-corrected chi connectivity index (χ4v) is 1.57. The van der Waals surface area contributed by atoms with E-state index in [1.807, 2.05) is 19.1 Å². The molecule has 0 bridgehead atoms. The van der Waals surface area contributed by atoms with Gasteiger partial charge in [0, 0.05) is 6.04 Å². The molecule has 0 aliphatic rings. The van der Waals surface area contributed by atoms with Crippen molar-refractivity contribution in [3.8, 4) is 5.75 Å². The lowest BCUT2D eigenvalue weighted by molar-refractivity contribution is 0.407. The van der Waals surface area contributed by atoms with E-state index in [1.165, 1.54) is 11.1 Å². The van der Waals surface area contributed by atoms with E-state index >= 15 is 0 Å². The van der Waals surface area contributed by atoms with Crippen LogP contribution in [0.4, 0.5) is 0 Å². The summed E-state index contributed by atoms with van der Waals surface area (Å²) in [6.45, 7) is 6.34. The van der Waals surface area contributed by atoms with Crippen LogP contribution in [0.25, 0.3) is 0 Å². The molecule has 1 rings (SSSR count). The standard InChI is InChI=1S/C12H20N2O/c1-8(2)11-7-10(9(3)14-13)5-6-12(11)15-4/h5-9,14H,13H2,1-4H3. The fraction of sp³-hybridized carbons (Fsp3) is 0.500. The number of methoxy groups -OCH3 is 1. The minimum absolute atomic E-state index is 0.161. The van der Waals surface area contributed by atoms with E-state index in [0.717, 1.165) is 5.75 Å². The zero-order chi connectivity index (χ0) is 11.4. The molecule has 0 heterocycles. The van der Waals surface area contributed by atoms with Crippen molar-refractivity contribution in [3.05, 3.63) is 29.3 Å². The Morgan fingerprint density at radius 3 is 2.40 bits per heavy atom. The molecule has 0 aromatic heterocycles. The Kier molecular flexibility index (Phi) is 4.12. The van der Waals surface area contributed by atoms with Gasteiger partial charge in [0.15, 0.2) is 0 Å². The number of hydrogen-bond acceptors (Lipinski definition) is 3. The summed E-state index contributed by atoms with van der Waals surface area (Å²) in [7, 11) is 1.70. The quantitative estimate of drug-likeness (QED) is 0.590. The van der Waals surface area contributed by atoms with Gasteiger partial charge in [-0.25, -0.2) is 0 Å². The number of benzene rings is 1. The summed E-state index contributed by atoms with van der Waals surface area (Å²) >= 11 is 0. The van der Waals surface area contributed by atoms with E-state index in [4.69, 9.17) is 10.6 Å². The Balaban J connectivity index is 3.10. The molecule has 3 N–H and O–H groups in total. The number of hydrogen-bond donors (Lipinski definition) is 2. The van der Waals surface area contributed by atoms with Crippen molar-refractivity contribution in [1.82, 2.24) is 5.43 Å². The van der Waals surface area contributed by atoms with Crippen molar-refractivity contribution in [1.29, 1.82) is 0 Å². The SMILES string of the molecule is COc1ccc(C(C)NN)cc1C(C)C. The van der Waals surface area contributed by atoms with Crippen molar-refractivity contribution in [2.45, 2.75) is 32.7 Å². The number of nitrogens with two attached hydrogens (primary N) is 1. The first-order chi connectivity index (χ1) is 7.10. The maximum Gasteiger partial charge on any atom is 0.122 e. The van der Waals surface area contributed by atoms with Crippen molar-refractivity contribution in [3.63, 3.8) is 0 Å². The third kappa shape index (κ3) is 2.70. The van der Waals surface area contributed by atoms with E-state index in [9.17, 15) is 0 Å². The molecule has 0 radical (unpaired) electrons. The minimum Gasteiger partial charge on any atom is -0.496 e. The van der Waals surface area contributed by atoms with Gasteiger partial charge in [0.2, 0.25) is 0 Å². The van der Waals surface area contributed by atoms with Crippen molar-refractivity contribution in [2.75, 3.05) is 7.11 Å². The number of rotatable bonds is 4. The first-order valence-corrected chi connectivity index (χ1v) is 5.24. The highest BCUT2D eigenvalue weighted by Crippen LogP contribution is 2.28. The Bertz CT molecular complexity index is 323. The van der Waals surface area contributed by atoms with Gasteiger partial charge >= 0.3 is 0 Å². The third-order valence-electron chi connectivity index (χ3n) is 2.63. The molecule has 0 spiro atoms. The topological polar surface area (TPSA) is 47.3 Å². The maximum atomic E-state index is 5.42. The number of ether oxygens (including phenoxy) is 1. The highest BCUT2D eigenvalue weighted by Gasteiger charge is 2.10. The maximum absolute atomic E-state index is 5.42. The Hall–Kier alpha value is -1.06. The smallest absolute Gasteiger partial charge is 0.122 e. The second-order valence-electron chi connectivity index (χ2n) is 4.04. The summed E-state index contributed by atoms with van der Waals surface area (Å²) in [6.07, 6.45) is 0. The molecule has 0 saturated carbocycles. The Morgan fingerprint density at radius 1 is 1.27 bits per heavy atom. The summed E-state index contributed by atoms with van der Waals surface area (Å²) < 4.78 is 5.32. The van der Waals surface area contributed by atoms with Crippen LogP contribution in [0.5, 0.6) is 5.75 Å². The van der Waals surface area contributed by atoms with Gasteiger partial charge in [-0.2, -0.15) is 0 Å². The third-order valence-corrected chi connectivity index (χ3v) is 2.63. The summed E-state index contributed by atoms with van der Waals surface area (Å²) in [4.78, 5) is 0. The predicted octanol–water partition coefficient (Wildman–Crippen LogP) is 2.34. The average molecular weight is 208 g/mol. The lowest BCUT2D eigenvalue weighted by Gasteiger charge is -2.16. The van der Waals surface area contributed by atoms with E-state index in [0.29, 0.717) is 5.92 Å². The van der Waals surface area contributed by atoms with Crippen LogP contribution in [-0.2, 0) is 0 Å². The molecule has 0 aliphatic heterocycles. The molecule has 0 saturated heterocycles. The molecule has 84 valence electrons. The van der Waals surface area contributed by atoms with E-state index in [2.05, 4.69) is 25.3 Å². The highest BCUT2D eigenvalue weighted by molar-refractivity contribution is 5.40. The summed E-state index contributed by atoms with van der Waals surface area (Å²) in [6, 6.07) is 6.34. The molecule has 0 fully saturated rings. The van der Waals surface area contributed by atoms with Crippen LogP contribution >= 0.6 is 0 Å². The summed E-state index contributed by atoms with van der Waals surface area (Å²) in [5.41, 5.74) is 5.15. The summed E-state index contributed by atoms with van der Waals surface area (Å²) in [5.74, 6) is 6.81. The van der Waals surface area contributed by atoms with Gasteiger partial charge in [0.05, 0.1) is 7.11 Å². The normalized spacial score (nSPS) is 12.9. The largest absolute Gasteiger partial charge is 0.496 e. The van der Waals surface area contributed by atoms with Crippen LogP contribution in [0, 0.1) is 0 Å². The molecule has 15 heavy (non-hydrogen) atoms. The molecular formula is C12H20N2O. The monoisotopic (exact) mass is 208 g/mol. The molecule has 1 unspecified atom stereocenters. The van der Waals surface area contributed by atoms with Crippen LogP contribution < -0.4 is 16.0 Å². The molecule has 3 heteroatoms. The Labute approximate surface area is 91.6 Å². The van der Waals surface area contributed by atoms with Crippen molar-refractivity contribution in [2.24, 2.45) is 5.84 Å². The highest BCUT2D eigenvalue weighted by atomic mass is 16.5. The van der Waals surface area contributed by atoms with Crippen molar-refractivity contribution < 1.29 is 4.74 Å². The molecule has 0 amide bonds. The molecule has 0 aliphatic carbocycles.